The molecule has 2 aromatic carbocycles. The Labute approximate surface area is 186 Å². The van der Waals surface area contributed by atoms with Gasteiger partial charge in [-0.05, 0) is 42.2 Å². The smallest absolute Gasteiger partial charge is 0.251 e. The van der Waals surface area contributed by atoms with Crippen molar-refractivity contribution in [2.24, 2.45) is 7.05 Å². The van der Waals surface area contributed by atoms with E-state index >= 15 is 0 Å². The summed E-state index contributed by atoms with van der Waals surface area (Å²) in [6, 6.07) is 15.3. The zero-order valence-electron chi connectivity index (χ0n) is 18.2. The molecule has 1 aromatic heterocycles. The molecule has 7 nitrogen and oxygen atoms in total. The number of hydrogen-bond acceptors (Lipinski definition) is 5. The number of aryl methyl sites for hydroxylation is 1. The summed E-state index contributed by atoms with van der Waals surface area (Å²) >= 11 is 1.30. The molecule has 2 amide bonds. The van der Waals surface area contributed by atoms with Crippen molar-refractivity contribution in [1.29, 1.82) is 0 Å². The van der Waals surface area contributed by atoms with Crippen molar-refractivity contribution in [3.63, 3.8) is 0 Å². The Morgan fingerprint density at radius 2 is 1.77 bits per heavy atom. The zero-order chi connectivity index (χ0) is 22.4. The normalized spacial score (nSPS) is 10.9. The number of carbonyl (C=O) groups excluding carboxylic acids is 2. The van der Waals surface area contributed by atoms with E-state index in [4.69, 9.17) is 0 Å². The number of thioether (sulfide) groups is 1. The number of anilines is 1. The molecule has 0 radical (unpaired) electrons. The van der Waals surface area contributed by atoms with Gasteiger partial charge in [0.05, 0.1) is 12.3 Å². The van der Waals surface area contributed by atoms with Crippen LogP contribution in [0.25, 0.3) is 0 Å². The second-order valence-electron chi connectivity index (χ2n) is 7.57. The molecule has 0 saturated heterocycles. The highest BCUT2D eigenvalue weighted by molar-refractivity contribution is 7.99. The molecule has 162 valence electrons. The van der Waals surface area contributed by atoms with Gasteiger partial charge in [0.15, 0.2) is 11.0 Å². The SMILES string of the molecule is Cc1ccccc1C(=O)NCc1nnc(SCC(=O)Nc2ccc(C(C)C)cc2)n1C. The highest BCUT2D eigenvalue weighted by Crippen LogP contribution is 2.19. The van der Waals surface area contributed by atoms with Crippen molar-refractivity contribution in [3.05, 3.63) is 71.0 Å². The number of nitrogens with zero attached hydrogens (tertiary/aromatic N) is 3. The first-order valence-corrected chi connectivity index (χ1v) is 11.1. The number of benzene rings is 2. The van der Waals surface area contributed by atoms with Gasteiger partial charge in [-0.3, -0.25) is 9.59 Å². The van der Waals surface area contributed by atoms with E-state index in [1.54, 1.807) is 10.6 Å². The first-order chi connectivity index (χ1) is 14.8. The molecule has 2 N–H and O–H groups in total. The van der Waals surface area contributed by atoms with Gasteiger partial charge < -0.3 is 15.2 Å². The van der Waals surface area contributed by atoms with Crippen molar-refractivity contribution in [2.45, 2.75) is 38.4 Å². The molecule has 8 heteroatoms. The van der Waals surface area contributed by atoms with E-state index in [-0.39, 0.29) is 24.1 Å². The maximum absolute atomic E-state index is 12.4. The molecule has 1 heterocycles. The number of nitrogens with one attached hydrogen (secondary N) is 2. The summed E-state index contributed by atoms with van der Waals surface area (Å²) in [7, 11) is 1.82. The molecule has 3 aromatic rings. The van der Waals surface area contributed by atoms with Crippen LogP contribution in [0.3, 0.4) is 0 Å². The van der Waals surface area contributed by atoms with E-state index in [0.29, 0.717) is 22.5 Å². The molecule has 31 heavy (non-hydrogen) atoms. The lowest BCUT2D eigenvalue weighted by Crippen LogP contribution is -2.25. The number of aromatic nitrogens is 3. The average Bonchev–Trinajstić information content (AvgIpc) is 3.10. The summed E-state index contributed by atoms with van der Waals surface area (Å²) in [5.41, 5.74) is 3.55. The molecule has 0 spiro atoms. The van der Waals surface area contributed by atoms with E-state index in [1.807, 2.05) is 56.4 Å². The molecular formula is C23H27N5O2S. The van der Waals surface area contributed by atoms with Gasteiger partial charge in [-0.1, -0.05) is 55.9 Å². The van der Waals surface area contributed by atoms with Crippen LogP contribution in [-0.4, -0.2) is 32.3 Å². The Kier molecular flexibility index (Phi) is 7.46. The van der Waals surface area contributed by atoms with Crippen LogP contribution in [-0.2, 0) is 18.4 Å². The minimum Gasteiger partial charge on any atom is -0.345 e. The minimum atomic E-state index is -0.154. The van der Waals surface area contributed by atoms with Crippen molar-refractivity contribution >= 4 is 29.3 Å². The summed E-state index contributed by atoms with van der Waals surface area (Å²) < 4.78 is 1.79. The number of carbonyl (C=O) groups is 2. The van der Waals surface area contributed by atoms with Crippen molar-refractivity contribution in [3.8, 4) is 0 Å². The third-order valence-electron chi connectivity index (χ3n) is 4.92. The zero-order valence-corrected chi connectivity index (χ0v) is 19.0. The predicted octanol–water partition coefficient (Wildman–Crippen LogP) is 3.91. The standard InChI is InChI=1S/C23H27N5O2S/c1-15(2)17-9-11-18(12-10-17)25-21(29)14-31-23-27-26-20(28(23)4)13-24-22(30)19-8-6-5-7-16(19)3/h5-12,15H,13-14H2,1-4H3,(H,24,30)(H,25,29). The second kappa shape index (κ2) is 10.3. The Hall–Kier alpha value is -3.13. The molecule has 0 aliphatic rings. The third kappa shape index (κ3) is 5.95. The topological polar surface area (TPSA) is 88.9 Å². The van der Waals surface area contributed by atoms with Gasteiger partial charge in [0.25, 0.3) is 5.91 Å². The van der Waals surface area contributed by atoms with Crippen molar-refractivity contribution in [2.75, 3.05) is 11.1 Å². The maximum atomic E-state index is 12.4. The molecule has 0 bridgehead atoms. The molecule has 0 aliphatic carbocycles. The fraction of sp³-hybridized carbons (Fsp3) is 0.304. The molecule has 0 atom stereocenters. The lowest BCUT2D eigenvalue weighted by molar-refractivity contribution is -0.113. The highest BCUT2D eigenvalue weighted by atomic mass is 32.2. The summed E-state index contributed by atoms with van der Waals surface area (Å²) in [6.07, 6.45) is 0. The Bertz CT molecular complexity index is 1060. The van der Waals surface area contributed by atoms with Crippen LogP contribution in [0, 0.1) is 6.92 Å². The van der Waals surface area contributed by atoms with Crippen LogP contribution < -0.4 is 10.6 Å². The molecular weight excluding hydrogens is 410 g/mol. The van der Waals surface area contributed by atoms with Crippen LogP contribution in [0.5, 0.6) is 0 Å². The lowest BCUT2D eigenvalue weighted by atomic mass is 10.0. The summed E-state index contributed by atoms with van der Waals surface area (Å²) in [4.78, 5) is 24.7. The van der Waals surface area contributed by atoms with Gasteiger partial charge in [-0.2, -0.15) is 0 Å². The molecule has 0 fully saturated rings. The lowest BCUT2D eigenvalue weighted by Gasteiger charge is -2.09. The summed E-state index contributed by atoms with van der Waals surface area (Å²) in [6.45, 7) is 6.42. The summed E-state index contributed by atoms with van der Waals surface area (Å²) in [5.74, 6) is 1.02. The number of rotatable bonds is 8. The molecule has 0 unspecified atom stereocenters. The van der Waals surface area contributed by atoms with Gasteiger partial charge in [0.2, 0.25) is 5.91 Å². The fourth-order valence-electron chi connectivity index (χ4n) is 2.99. The Balaban J connectivity index is 1.51. The highest BCUT2D eigenvalue weighted by Gasteiger charge is 2.14. The maximum Gasteiger partial charge on any atom is 0.251 e. The quantitative estimate of drug-likeness (QED) is 0.522. The van der Waals surface area contributed by atoms with Crippen LogP contribution in [0.2, 0.25) is 0 Å². The van der Waals surface area contributed by atoms with E-state index in [0.717, 1.165) is 11.3 Å². The molecule has 0 aliphatic heterocycles. The van der Waals surface area contributed by atoms with Crippen LogP contribution in [0.4, 0.5) is 5.69 Å². The van der Waals surface area contributed by atoms with Gasteiger partial charge in [0.1, 0.15) is 0 Å². The first-order valence-electron chi connectivity index (χ1n) is 10.1. The van der Waals surface area contributed by atoms with Gasteiger partial charge in [-0.25, -0.2) is 0 Å². The van der Waals surface area contributed by atoms with Crippen LogP contribution in [0.1, 0.15) is 47.1 Å². The van der Waals surface area contributed by atoms with Crippen molar-refractivity contribution in [1.82, 2.24) is 20.1 Å². The Morgan fingerprint density at radius 3 is 2.45 bits per heavy atom. The monoisotopic (exact) mass is 437 g/mol. The second-order valence-corrected chi connectivity index (χ2v) is 8.51. The van der Waals surface area contributed by atoms with Gasteiger partial charge in [-0.15, -0.1) is 10.2 Å². The Morgan fingerprint density at radius 1 is 1.06 bits per heavy atom. The largest absolute Gasteiger partial charge is 0.345 e. The van der Waals surface area contributed by atoms with E-state index in [1.165, 1.54) is 17.3 Å². The minimum absolute atomic E-state index is 0.111. The summed E-state index contributed by atoms with van der Waals surface area (Å²) in [5, 5.41) is 14.7. The van der Waals surface area contributed by atoms with Gasteiger partial charge >= 0.3 is 0 Å². The van der Waals surface area contributed by atoms with Crippen LogP contribution >= 0.6 is 11.8 Å². The van der Waals surface area contributed by atoms with E-state index < -0.39 is 0 Å². The fourth-order valence-corrected chi connectivity index (χ4v) is 3.72. The number of hydrogen-bond donors (Lipinski definition) is 2. The third-order valence-corrected chi connectivity index (χ3v) is 5.94. The molecule has 3 rings (SSSR count). The average molecular weight is 438 g/mol. The van der Waals surface area contributed by atoms with Crippen molar-refractivity contribution < 1.29 is 9.59 Å². The van der Waals surface area contributed by atoms with E-state index in [2.05, 4.69) is 34.7 Å². The van der Waals surface area contributed by atoms with Gasteiger partial charge in [0, 0.05) is 18.3 Å². The first kappa shape index (κ1) is 22.6. The predicted molar refractivity (Wildman–Crippen MR) is 123 cm³/mol. The van der Waals surface area contributed by atoms with E-state index in [9.17, 15) is 9.59 Å². The molecule has 0 saturated carbocycles. The number of amides is 2. The van der Waals surface area contributed by atoms with Crippen LogP contribution in [0.15, 0.2) is 53.7 Å².